The summed E-state index contributed by atoms with van der Waals surface area (Å²) >= 11 is 0. The molecule has 0 saturated carbocycles. The Hall–Kier alpha value is -1.55. The number of fused-ring (bicyclic) bond motifs is 1. The Balaban J connectivity index is 1.98. The first kappa shape index (κ1) is 12.9. The standard InChI is InChI=1S/C14H20N2O2/c1-10(2)18-14(17)9-16-7-6-12-11(8-16)4-3-5-13(12)15/h3-5,10H,6-9,15H2,1-2H3. The van der Waals surface area contributed by atoms with Crippen LogP contribution in [-0.2, 0) is 22.5 Å². The van der Waals surface area contributed by atoms with Crippen LogP contribution < -0.4 is 5.73 Å². The van der Waals surface area contributed by atoms with E-state index in [0.717, 1.165) is 25.2 Å². The third kappa shape index (κ3) is 3.01. The van der Waals surface area contributed by atoms with Crippen molar-refractivity contribution in [3.8, 4) is 0 Å². The molecule has 4 heteroatoms. The molecule has 18 heavy (non-hydrogen) atoms. The highest BCUT2D eigenvalue weighted by molar-refractivity contribution is 5.72. The monoisotopic (exact) mass is 248 g/mol. The lowest BCUT2D eigenvalue weighted by Crippen LogP contribution is -2.36. The van der Waals surface area contributed by atoms with Gasteiger partial charge in [0, 0.05) is 18.8 Å². The molecule has 1 aromatic rings. The van der Waals surface area contributed by atoms with Crippen LogP contribution in [0.5, 0.6) is 0 Å². The van der Waals surface area contributed by atoms with E-state index in [-0.39, 0.29) is 12.1 Å². The van der Waals surface area contributed by atoms with E-state index in [2.05, 4.69) is 11.0 Å². The molecule has 1 aliphatic heterocycles. The maximum atomic E-state index is 11.6. The van der Waals surface area contributed by atoms with Gasteiger partial charge in [0.15, 0.2) is 0 Å². The molecular formula is C14H20N2O2. The van der Waals surface area contributed by atoms with Gasteiger partial charge in [0.05, 0.1) is 12.6 Å². The third-order valence-corrected chi connectivity index (χ3v) is 3.10. The van der Waals surface area contributed by atoms with E-state index < -0.39 is 0 Å². The normalized spacial score (nSPS) is 15.5. The van der Waals surface area contributed by atoms with E-state index in [4.69, 9.17) is 10.5 Å². The second-order valence-electron chi connectivity index (χ2n) is 4.98. The van der Waals surface area contributed by atoms with Crippen molar-refractivity contribution in [1.82, 2.24) is 4.90 Å². The molecule has 0 spiro atoms. The fourth-order valence-corrected chi connectivity index (χ4v) is 2.32. The van der Waals surface area contributed by atoms with Crippen LogP contribution >= 0.6 is 0 Å². The van der Waals surface area contributed by atoms with Gasteiger partial charge in [0.2, 0.25) is 0 Å². The predicted molar refractivity (Wildman–Crippen MR) is 71.1 cm³/mol. The zero-order chi connectivity index (χ0) is 13.1. The number of carbonyl (C=O) groups is 1. The molecule has 1 aromatic carbocycles. The minimum Gasteiger partial charge on any atom is -0.462 e. The topological polar surface area (TPSA) is 55.6 Å². The Kier molecular flexibility index (Phi) is 3.87. The summed E-state index contributed by atoms with van der Waals surface area (Å²) in [6.07, 6.45) is 0.849. The van der Waals surface area contributed by atoms with Crippen LogP contribution in [0, 0.1) is 0 Å². The number of anilines is 1. The van der Waals surface area contributed by atoms with Crippen molar-refractivity contribution in [3.63, 3.8) is 0 Å². The van der Waals surface area contributed by atoms with Gasteiger partial charge in [0.1, 0.15) is 0 Å². The first-order valence-corrected chi connectivity index (χ1v) is 6.34. The highest BCUT2D eigenvalue weighted by atomic mass is 16.5. The fraction of sp³-hybridized carbons (Fsp3) is 0.500. The first-order chi connectivity index (χ1) is 8.56. The molecule has 98 valence electrons. The number of nitrogen functional groups attached to an aromatic ring is 1. The van der Waals surface area contributed by atoms with Crippen molar-refractivity contribution >= 4 is 11.7 Å². The van der Waals surface area contributed by atoms with Gasteiger partial charge in [-0.25, -0.2) is 0 Å². The average molecular weight is 248 g/mol. The second-order valence-corrected chi connectivity index (χ2v) is 4.98. The Morgan fingerprint density at radius 1 is 1.50 bits per heavy atom. The van der Waals surface area contributed by atoms with Crippen molar-refractivity contribution < 1.29 is 9.53 Å². The minimum atomic E-state index is -0.155. The molecule has 0 aromatic heterocycles. The average Bonchev–Trinajstić information content (AvgIpc) is 2.27. The van der Waals surface area contributed by atoms with Crippen LogP contribution in [0.1, 0.15) is 25.0 Å². The Morgan fingerprint density at radius 3 is 3.00 bits per heavy atom. The van der Waals surface area contributed by atoms with E-state index in [1.54, 1.807) is 0 Å². The lowest BCUT2D eigenvalue weighted by atomic mass is 9.98. The molecule has 1 heterocycles. The molecule has 0 unspecified atom stereocenters. The first-order valence-electron chi connectivity index (χ1n) is 6.34. The molecule has 0 amide bonds. The maximum absolute atomic E-state index is 11.6. The number of rotatable bonds is 3. The highest BCUT2D eigenvalue weighted by Gasteiger charge is 2.20. The molecule has 0 saturated heterocycles. The number of nitrogens with zero attached hydrogens (tertiary/aromatic N) is 1. The second kappa shape index (κ2) is 5.40. The van der Waals surface area contributed by atoms with Crippen molar-refractivity contribution in [3.05, 3.63) is 29.3 Å². The van der Waals surface area contributed by atoms with Crippen molar-refractivity contribution in [2.75, 3.05) is 18.8 Å². The summed E-state index contributed by atoms with van der Waals surface area (Å²) in [6.45, 7) is 5.71. The van der Waals surface area contributed by atoms with Gasteiger partial charge in [-0.15, -0.1) is 0 Å². The van der Waals surface area contributed by atoms with Crippen LogP contribution in [0.4, 0.5) is 5.69 Å². The molecule has 2 N–H and O–H groups in total. The Bertz CT molecular complexity index is 443. The van der Waals surface area contributed by atoms with Gasteiger partial charge in [0.25, 0.3) is 0 Å². The Labute approximate surface area is 108 Å². The lowest BCUT2D eigenvalue weighted by Gasteiger charge is -2.28. The zero-order valence-electron chi connectivity index (χ0n) is 11.0. The number of nitrogens with two attached hydrogens (primary N) is 1. The molecule has 0 bridgehead atoms. The quantitative estimate of drug-likeness (QED) is 0.652. The van der Waals surface area contributed by atoms with Crippen LogP contribution in [0.25, 0.3) is 0 Å². The van der Waals surface area contributed by atoms with Gasteiger partial charge in [-0.3, -0.25) is 9.69 Å². The van der Waals surface area contributed by atoms with E-state index in [9.17, 15) is 4.79 Å². The SMILES string of the molecule is CC(C)OC(=O)CN1CCc2c(N)cccc2C1. The van der Waals surface area contributed by atoms with Crippen LogP contribution in [0.15, 0.2) is 18.2 Å². The summed E-state index contributed by atoms with van der Waals surface area (Å²) < 4.78 is 5.16. The largest absolute Gasteiger partial charge is 0.462 e. The summed E-state index contributed by atoms with van der Waals surface area (Å²) in [5.74, 6) is -0.155. The number of benzene rings is 1. The molecule has 4 nitrogen and oxygen atoms in total. The van der Waals surface area contributed by atoms with E-state index >= 15 is 0 Å². The number of hydrogen-bond donors (Lipinski definition) is 1. The van der Waals surface area contributed by atoms with E-state index in [0.29, 0.717) is 6.54 Å². The molecular weight excluding hydrogens is 228 g/mol. The molecule has 1 aliphatic rings. The van der Waals surface area contributed by atoms with Crippen molar-refractivity contribution in [1.29, 1.82) is 0 Å². The number of hydrogen-bond acceptors (Lipinski definition) is 4. The number of carbonyl (C=O) groups excluding carboxylic acids is 1. The number of esters is 1. The molecule has 0 fully saturated rings. The van der Waals surface area contributed by atoms with Gasteiger partial charge in [-0.05, 0) is 37.5 Å². The summed E-state index contributed by atoms with van der Waals surface area (Å²) in [5.41, 5.74) is 9.25. The van der Waals surface area contributed by atoms with E-state index in [1.807, 2.05) is 26.0 Å². The summed E-state index contributed by atoms with van der Waals surface area (Å²) in [5, 5.41) is 0. The minimum absolute atomic E-state index is 0.0507. The summed E-state index contributed by atoms with van der Waals surface area (Å²) in [6, 6.07) is 5.97. The van der Waals surface area contributed by atoms with Gasteiger partial charge in [-0.1, -0.05) is 12.1 Å². The highest BCUT2D eigenvalue weighted by Crippen LogP contribution is 2.23. The lowest BCUT2D eigenvalue weighted by molar-refractivity contribution is -0.148. The summed E-state index contributed by atoms with van der Waals surface area (Å²) in [4.78, 5) is 13.7. The van der Waals surface area contributed by atoms with Crippen LogP contribution in [-0.4, -0.2) is 30.1 Å². The van der Waals surface area contributed by atoms with Gasteiger partial charge >= 0.3 is 5.97 Å². The van der Waals surface area contributed by atoms with Crippen LogP contribution in [0.3, 0.4) is 0 Å². The smallest absolute Gasteiger partial charge is 0.320 e. The summed E-state index contributed by atoms with van der Waals surface area (Å²) in [7, 11) is 0. The predicted octanol–water partition coefficient (Wildman–Crippen LogP) is 1.58. The Morgan fingerprint density at radius 2 is 2.28 bits per heavy atom. The zero-order valence-corrected chi connectivity index (χ0v) is 11.0. The molecule has 0 radical (unpaired) electrons. The third-order valence-electron chi connectivity index (χ3n) is 3.10. The maximum Gasteiger partial charge on any atom is 0.320 e. The molecule has 2 rings (SSSR count). The van der Waals surface area contributed by atoms with Crippen molar-refractivity contribution in [2.24, 2.45) is 0 Å². The van der Waals surface area contributed by atoms with E-state index in [1.165, 1.54) is 11.1 Å². The number of ether oxygens (including phenoxy) is 1. The van der Waals surface area contributed by atoms with Gasteiger partial charge < -0.3 is 10.5 Å². The molecule has 0 aliphatic carbocycles. The van der Waals surface area contributed by atoms with Gasteiger partial charge in [-0.2, -0.15) is 0 Å². The molecule has 0 atom stereocenters. The van der Waals surface area contributed by atoms with Crippen molar-refractivity contribution in [2.45, 2.75) is 32.9 Å². The van der Waals surface area contributed by atoms with Crippen LogP contribution in [0.2, 0.25) is 0 Å². The fourth-order valence-electron chi connectivity index (χ4n) is 2.32.